The quantitative estimate of drug-likeness (QED) is 0.791. The molecular formula is C13H17NO5. The van der Waals surface area contributed by atoms with Crippen LogP contribution in [0.15, 0.2) is 18.3 Å². The summed E-state index contributed by atoms with van der Waals surface area (Å²) in [4.78, 5) is 26.9. The minimum atomic E-state index is -1.61. The van der Waals surface area contributed by atoms with Gasteiger partial charge in [-0.15, -0.1) is 0 Å². The molecule has 0 spiro atoms. The smallest absolute Gasteiger partial charge is 0.339 e. The summed E-state index contributed by atoms with van der Waals surface area (Å²) in [6, 6.07) is 3.20. The van der Waals surface area contributed by atoms with Gasteiger partial charge in [0.1, 0.15) is 0 Å². The van der Waals surface area contributed by atoms with Crippen LogP contribution in [0.4, 0.5) is 0 Å². The highest BCUT2D eigenvalue weighted by molar-refractivity contribution is 5.90. The Kier molecular flexibility index (Phi) is 5.00. The van der Waals surface area contributed by atoms with Crippen LogP contribution in [0.2, 0.25) is 0 Å². The molecule has 0 aliphatic heterocycles. The van der Waals surface area contributed by atoms with Crippen LogP contribution < -0.4 is 0 Å². The van der Waals surface area contributed by atoms with Crippen molar-refractivity contribution in [3.05, 3.63) is 29.6 Å². The van der Waals surface area contributed by atoms with Crippen LogP contribution in [0, 0.1) is 0 Å². The maximum Gasteiger partial charge on any atom is 0.339 e. The zero-order valence-electron chi connectivity index (χ0n) is 11.2. The molecule has 1 aromatic heterocycles. The Morgan fingerprint density at radius 3 is 2.63 bits per heavy atom. The lowest BCUT2D eigenvalue weighted by molar-refractivity contribution is -0.161. The van der Waals surface area contributed by atoms with Gasteiger partial charge in [-0.2, -0.15) is 0 Å². The second-order valence-electron chi connectivity index (χ2n) is 4.25. The zero-order valence-corrected chi connectivity index (χ0v) is 11.2. The van der Waals surface area contributed by atoms with Crippen LogP contribution in [0.3, 0.4) is 0 Å². The van der Waals surface area contributed by atoms with Crippen molar-refractivity contribution in [2.75, 3.05) is 14.2 Å². The minimum absolute atomic E-state index is 0.0979. The van der Waals surface area contributed by atoms with E-state index in [0.29, 0.717) is 11.3 Å². The fourth-order valence-electron chi connectivity index (χ4n) is 1.62. The molecule has 1 heterocycles. The fourth-order valence-corrected chi connectivity index (χ4v) is 1.62. The Balaban J connectivity index is 2.84. The molecule has 0 amide bonds. The third-order valence-corrected chi connectivity index (χ3v) is 2.77. The number of hydrogen-bond acceptors (Lipinski definition) is 6. The first-order valence-corrected chi connectivity index (χ1v) is 5.75. The Morgan fingerprint density at radius 1 is 1.37 bits per heavy atom. The molecule has 0 radical (unpaired) electrons. The Bertz CT molecular complexity index is 470. The highest BCUT2D eigenvalue weighted by atomic mass is 16.5. The average Bonchev–Trinajstić information content (AvgIpc) is 2.43. The first kappa shape index (κ1) is 15.1. The largest absolute Gasteiger partial charge is 0.467 e. The lowest BCUT2D eigenvalue weighted by atomic mass is 9.97. The summed E-state index contributed by atoms with van der Waals surface area (Å²) >= 11 is 0. The van der Waals surface area contributed by atoms with Gasteiger partial charge in [-0.3, -0.25) is 4.98 Å². The summed E-state index contributed by atoms with van der Waals surface area (Å²) in [7, 11) is 2.49. The molecule has 0 bridgehead atoms. The van der Waals surface area contributed by atoms with Crippen molar-refractivity contribution in [2.24, 2.45) is 0 Å². The monoisotopic (exact) mass is 267 g/mol. The molecule has 0 aromatic carbocycles. The molecule has 6 heteroatoms. The van der Waals surface area contributed by atoms with Crippen molar-refractivity contribution in [3.8, 4) is 0 Å². The number of esters is 2. The number of aryl methyl sites for hydroxylation is 1. The second-order valence-corrected chi connectivity index (χ2v) is 4.25. The van der Waals surface area contributed by atoms with Gasteiger partial charge in [0.2, 0.25) is 0 Å². The van der Waals surface area contributed by atoms with E-state index in [1.54, 1.807) is 12.1 Å². The molecule has 1 unspecified atom stereocenters. The number of ether oxygens (including phenoxy) is 2. The minimum Gasteiger partial charge on any atom is -0.467 e. The number of carbonyl (C=O) groups excluding carboxylic acids is 2. The number of carbonyl (C=O) groups is 2. The predicted octanol–water partition coefficient (Wildman–Crippen LogP) is 0.725. The van der Waals surface area contributed by atoms with Crippen LogP contribution in [0.25, 0.3) is 0 Å². The van der Waals surface area contributed by atoms with E-state index in [-0.39, 0.29) is 12.8 Å². The van der Waals surface area contributed by atoms with Crippen molar-refractivity contribution in [2.45, 2.75) is 25.4 Å². The third kappa shape index (κ3) is 3.75. The van der Waals surface area contributed by atoms with E-state index in [1.165, 1.54) is 27.3 Å². The maximum absolute atomic E-state index is 11.5. The van der Waals surface area contributed by atoms with E-state index >= 15 is 0 Å². The van der Waals surface area contributed by atoms with Crippen LogP contribution in [-0.2, 0) is 20.7 Å². The molecular weight excluding hydrogens is 250 g/mol. The van der Waals surface area contributed by atoms with E-state index in [1.807, 2.05) is 0 Å². The van der Waals surface area contributed by atoms with E-state index in [0.717, 1.165) is 0 Å². The molecule has 0 aliphatic carbocycles. The summed E-state index contributed by atoms with van der Waals surface area (Å²) in [5.74, 6) is -1.22. The zero-order chi connectivity index (χ0) is 14.5. The van der Waals surface area contributed by atoms with Crippen LogP contribution in [0.1, 0.15) is 29.4 Å². The lowest BCUT2D eigenvalue weighted by Crippen LogP contribution is -2.36. The molecule has 0 aliphatic rings. The maximum atomic E-state index is 11.5. The molecule has 104 valence electrons. The predicted molar refractivity (Wildman–Crippen MR) is 66.5 cm³/mol. The van der Waals surface area contributed by atoms with Gasteiger partial charge < -0.3 is 14.6 Å². The van der Waals surface area contributed by atoms with Gasteiger partial charge in [-0.05, 0) is 31.9 Å². The van der Waals surface area contributed by atoms with E-state index in [4.69, 9.17) is 0 Å². The van der Waals surface area contributed by atoms with Crippen molar-refractivity contribution >= 4 is 11.9 Å². The van der Waals surface area contributed by atoms with E-state index < -0.39 is 17.5 Å². The van der Waals surface area contributed by atoms with Crippen molar-refractivity contribution in [1.29, 1.82) is 0 Å². The number of pyridine rings is 1. The molecule has 1 atom stereocenters. The Morgan fingerprint density at radius 2 is 2.05 bits per heavy atom. The summed E-state index contributed by atoms with van der Waals surface area (Å²) in [5.41, 5.74) is -0.816. The summed E-state index contributed by atoms with van der Waals surface area (Å²) in [5, 5.41) is 9.91. The highest BCUT2D eigenvalue weighted by Gasteiger charge is 2.31. The molecule has 1 N–H and O–H groups in total. The lowest BCUT2D eigenvalue weighted by Gasteiger charge is -2.20. The fraction of sp³-hybridized carbons (Fsp3) is 0.462. The average molecular weight is 267 g/mol. The number of aromatic nitrogens is 1. The summed E-state index contributed by atoms with van der Waals surface area (Å²) in [6.07, 6.45) is 1.89. The van der Waals surface area contributed by atoms with Gasteiger partial charge in [0.15, 0.2) is 5.60 Å². The molecule has 0 fully saturated rings. The van der Waals surface area contributed by atoms with E-state index in [2.05, 4.69) is 14.5 Å². The van der Waals surface area contributed by atoms with Crippen molar-refractivity contribution in [3.63, 3.8) is 0 Å². The Labute approximate surface area is 111 Å². The first-order valence-electron chi connectivity index (χ1n) is 5.75. The van der Waals surface area contributed by atoms with Gasteiger partial charge in [0.25, 0.3) is 0 Å². The van der Waals surface area contributed by atoms with Gasteiger partial charge in [-0.1, -0.05) is 0 Å². The molecule has 1 rings (SSSR count). The number of aliphatic hydroxyl groups is 1. The highest BCUT2D eigenvalue weighted by Crippen LogP contribution is 2.17. The molecule has 6 nitrogen and oxygen atoms in total. The third-order valence-electron chi connectivity index (χ3n) is 2.77. The molecule has 0 saturated carbocycles. The molecule has 1 aromatic rings. The standard InChI is InChI=1S/C13H17NO5/c1-13(17,12(16)19-3)7-6-10-9(11(15)18-2)5-4-8-14-10/h4-5,8,17H,6-7H2,1-3H3. The molecule has 0 saturated heterocycles. The van der Waals surface area contributed by atoms with E-state index in [9.17, 15) is 14.7 Å². The number of nitrogens with zero attached hydrogens (tertiary/aromatic N) is 1. The number of rotatable bonds is 5. The van der Waals surface area contributed by atoms with Crippen LogP contribution in [0.5, 0.6) is 0 Å². The number of methoxy groups -OCH3 is 2. The normalized spacial score (nSPS) is 13.5. The number of hydrogen-bond donors (Lipinski definition) is 1. The SMILES string of the molecule is COC(=O)c1cccnc1CCC(C)(O)C(=O)OC. The Hall–Kier alpha value is -1.95. The summed E-state index contributed by atoms with van der Waals surface area (Å²) < 4.78 is 9.15. The van der Waals surface area contributed by atoms with Crippen LogP contribution in [-0.4, -0.2) is 41.8 Å². The topological polar surface area (TPSA) is 85.7 Å². The van der Waals surface area contributed by atoms with Crippen LogP contribution >= 0.6 is 0 Å². The first-order chi connectivity index (χ1) is 8.92. The molecule has 19 heavy (non-hydrogen) atoms. The van der Waals surface area contributed by atoms with Gasteiger partial charge >= 0.3 is 11.9 Å². The van der Waals surface area contributed by atoms with Gasteiger partial charge in [0, 0.05) is 6.20 Å². The van der Waals surface area contributed by atoms with Crippen molar-refractivity contribution < 1.29 is 24.2 Å². The summed E-state index contributed by atoms with van der Waals surface area (Å²) in [6.45, 7) is 1.36. The van der Waals surface area contributed by atoms with Crippen molar-refractivity contribution in [1.82, 2.24) is 4.98 Å². The van der Waals surface area contributed by atoms with Gasteiger partial charge in [0.05, 0.1) is 25.5 Å². The second kappa shape index (κ2) is 6.29. The van der Waals surface area contributed by atoms with Gasteiger partial charge in [-0.25, -0.2) is 9.59 Å².